The summed E-state index contributed by atoms with van der Waals surface area (Å²) in [6, 6.07) is 5.77. The molecule has 3 aromatic rings. The monoisotopic (exact) mass is 379 g/mol. The van der Waals surface area contributed by atoms with Crippen molar-refractivity contribution in [2.75, 3.05) is 5.75 Å². The van der Waals surface area contributed by atoms with Gasteiger partial charge in [-0.3, -0.25) is 0 Å². The molecule has 24 heavy (non-hydrogen) atoms. The molecular weight excluding hydrogens is 358 g/mol. The van der Waals surface area contributed by atoms with Crippen LogP contribution < -0.4 is 0 Å². The smallest absolute Gasteiger partial charge is 0.166 e. The van der Waals surface area contributed by atoms with E-state index in [1.54, 1.807) is 23.1 Å². The van der Waals surface area contributed by atoms with Crippen LogP contribution in [0.5, 0.6) is 0 Å². The molecule has 1 aromatic carbocycles. The molecule has 0 bridgehead atoms. The van der Waals surface area contributed by atoms with E-state index in [9.17, 15) is 0 Å². The maximum Gasteiger partial charge on any atom is 0.166 e. The molecule has 2 heterocycles. The molecule has 0 saturated carbocycles. The third-order valence-corrected chi connectivity index (χ3v) is 6.08. The summed E-state index contributed by atoms with van der Waals surface area (Å²) in [6.07, 6.45) is 7.51. The molecule has 128 valence electrons. The summed E-state index contributed by atoms with van der Waals surface area (Å²) in [4.78, 5) is 12.4. The van der Waals surface area contributed by atoms with E-state index in [1.165, 1.54) is 37.1 Å². The average molecular weight is 380 g/mol. The topological polar surface area (TPSA) is 41.6 Å². The summed E-state index contributed by atoms with van der Waals surface area (Å²) in [5.41, 5.74) is 3.15. The van der Waals surface area contributed by atoms with Gasteiger partial charge in [0.05, 0.1) is 16.0 Å². The van der Waals surface area contributed by atoms with Gasteiger partial charge in [0, 0.05) is 21.8 Å². The first-order valence-electron chi connectivity index (χ1n) is 8.40. The molecular formula is C18H22ClN3S2. The average Bonchev–Trinajstić information content (AvgIpc) is 3.15. The van der Waals surface area contributed by atoms with Crippen LogP contribution in [0.2, 0.25) is 5.02 Å². The Morgan fingerprint density at radius 3 is 2.79 bits per heavy atom. The maximum atomic E-state index is 6.00. The lowest BCUT2D eigenvalue weighted by Gasteiger charge is -2.00. The number of thiazole rings is 1. The first kappa shape index (κ1) is 17.8. The van der Waals surface area contributed by atoms with Crippen LogP contribution >= 0.6 is 34.7 Å². The van der Waals surface area contributed by atoms with Crippen molar-refractivity contribution in [3.8, 4) is 0 Å². The van der Waals surface area contributed by atoms with Gasteiger partial charge in [-0.1, -0.05) is 42.6 Å². The highest BCUT2D eigenvalue weighted by Crippen LogP contribution is 2.23. The van der Waals surface area contributed by atoms with Gasteiger partial charge in [0.2, 0.25) is 0 Å². The Labute approximate surface area is 156 Å². The third kappa shape index (κ3) is 5.23. The number of halogens is 1. The maximum absolute atomic E-state index is 6.00. The second-order valence-electron chi connectivity index (χ2n) is 5.95. The highest BCUT2D eigenvalue weighted by Gasteiger charge is 2.04. The van der Waals surface area contributed by atoms with Gasteiger partial charge < -0.3 is 4.98 Å². The molecule has 2 aromatic heterocycles. The minimum atomic E-state index is 0.746. The van der Waals surface area contributed by atoms with E-state index in [1.807, 2.05) is 18.2 Å². The Morgan fingerprint density at radius 1 is 1.12 bits per heavy atom. The number of unbranched alkanes of at least 4 members (excludes halogenated alkanes) is 4. The normalized spacial score (nSPS) is 11.4. The number of fused-ring (bicyclic) bond motifs is 1. The summed E-state index contributed by atoms with van der Waals surface area (Å²) in [6.45, 7) is 2.06. The van der Waals surface area contributed by atoms with E-state index in [4.69, 9.17) is 11.6 Å². The van der Waals surface area contributed by atoms with E-state index in [0.717, 1.165) is 39.1 Å². The number of hydrogen-bond donors (Lipinski definition) is 1. The van der Waals surface area contributed by atoms with E-state index in [0.29, 0.717) is 0 Å². The molecule has 0 aliphatic heterocycles. The van der Waals surface area contributed by atoms with Crippen LogP contribution in [-0.2, 0) is 6.42 Å². The highest BCUT2D eigenvalue weighted by atomic mass is 35.5. The van der Waals surface area contributed by atoms with Crippen LogP contribution in [0.25, 0.3) is 11.0 Å². The van der Waals surface area contributed by atoms with Crippen molar-refractivity contribution in [3.63, 3.8) is 0 Å². The number of nitrogens with zero attached hydrogens (tertiary/aromatic N) is 2. The molecule has 0 saturated heterocycles. The van der Waals surface area contributed by atoms with Gasteiger partial charge in [0.15, 0.2) is 5.16 Å². The zero-order chi connectivity index (χ0) is 16.8. The lowest BCUT2D eigenvalue weighted by atomic mass is 10.1. The molecule has 0 fully saturated rings. The van der Waals surface area contributed by atoms with Crippen LogP contribution in [0.15, 0.2) is 28.7 Å². The van der Waals surface area contributed by atoms with Crippen molar-refractivity contribution in [3.05, 3.63) is 39.3 Å². The van der Waals surface area contributed by atoms with Crippen molar-refractivity contribution < 1.29 is 0 Å². The fourth-order valence-electron chi connectivity index (χ4n) is 2.62. The molecule has 0 aliphatic rings. The molecule has 0 spiro atoms. The predicted molar refractivity (Wildman–Crippen MR) is 105 cm³/mol. The van der Waals surface area contributed by atoms with E-state index in [2.05, 4.69) is 27.3 Å². The third-order valence-electron chi connectivity index (χ3n) is 3.86. The Balaban J connectivity index is 1.28. The van der Waals surface area contributed by atoms with Crippen LogP contribution in [0.3, 0.4) is 0 Å². The van der Waals surface area contributed by atoms with Crippen molar-refractivity contribution in [2.24, 2.45) is 0 Å². The van der Waals surface area contributed by atoms with Gasteiger partial charge in [0.25, 0.3) is 0 Å². The van der Waals surface area contributed by atoms with E-state index < -0.39 is 0 Å². The number of aromatic nitrogens is 3. The van der Waals surface area contributed by atoms with Crippen molar-refractivity contribution >= 4 is 45.7 Å². The number of imidazole rings is 1. The van der Waals surface area contributed by atoms with Gasteiger partial charge in [0.1, 0.15) is 0 Å². The zero-order valence-corrected chi connectivity index (χ0v) is 16.2. The van der Waals surface area contributed by atoms with E-state index in [-0.39, 0.29) is 0 Å². The number of H-pyrrole nitrogens is 1. The highest BCUT2D eigenvalue weighted by molar-refractivity contribution is 7.99. The molecule has 1 N–H and O–H groups in total. The molecule has 6 heteroatoms. The number of thioether (sulfide) groups is 1. The zero-order valence-electron chi connectivity index (χ0n) is 13.8. The Kier molecular flexibility index (Phi) is 6.58. The SMILES string of the molecule is Cc1csc(CCCCCCCSc2nc3ccc(Cl)cc3[nH]2)n1. The van der Waals surface area contributed by atoms with Gasteiger partial charge in [-0.2, -0.15) is 0 Å². The summed E-state index contributed by atoms with van der Waals surface area (Å²) < 4.78 is 0. The fourth-order valence-corrected chi connectivity index (χ4v) is 4.50. The second-order valence-corrected chi connectivity index (χ2v) is 8.41. The van der Waals surface area contributed by atoms with Gasteiger partial charge in [-0.25, -0.2) is 9.97 Å². The number of rotatable bonds is 9. The van der Waals surface area contributed by atoms with Crippen molar-refractivity contribution in [2.45, 2.75) is 50.6 Å². The van der Waals surface area contributed by atoms with Crippen LogP contribution in [0.4, 0.5) is 0 Å². The number of nitrogens with one attached hydrogen (secondary N) is 1. The summed E-state index contributed by atoms with van der Waals surface area (Å²) in [5.74, 6) is 1.11. The number of benzene rings is 1. The Morgan fingerprint density at radius 2 is 1.96 bits per heavy atom. The van der Waals surface area contributed by atoms with Gasteiger partial charge >= 0.3 is 0 Å². The summed E-state index contributed by atoms with van der Waals surface area (Å²) in [5, 5.41) is 5.16. The molecule has 0 radical (unpaired) electrons. The molecule has 3 nitrogen and oxygen atoms in total. The van der Waals surface area contributed by atoms with Crippen LogP contribution in [-0.4, -0.2) is 20.7 Å². The number of aromatic amines is 1. The number of hydrogen-bond acceptors (Lipinski definition) is 4. The van der Waals surface area contributed by atoms with Crippen molar-refractivity contribution in [1.29, 1.82) is 0 Å². The molecule has 3 rings (SSSR count). The first-order valence-corrected chi connectivity index (χ1v) is 10.6. The second kappa shape index (κ2) is 8.88. The van der Waals surface area contributed by atoms with E-state index >= 15 is 0 Å². The minimum Gasteiger partial charge on any atom is -0.333 e. The molecule has 0 atom stereocenters. The first-order chi connectivity index (χ1) is 11.7. The predicted octanol–water partition coefficient (Wildman–Crippen LogP) is 6.27. The molecule has 0 aliphatic carbocycles. The lowest BCUT2D eigenvalue weighted by Crippen LogP contribution is -1.87. The summed E-state index contributed by atoms with van der Waals surface area (Å²) in [7, 11) is 0. The van der Waals surface area contributed by atoms with Gasteiger partial charge in [-0.15, -0.1) is 11.3 Å². The number of aryl methyl sites for hydroxylation is 2. The fraction of sp³-hybridized carbons (Fsp3) is 0.444. The van der Waals surface area contributed by atoms with Crippen LogP contribution in [0.1, 0.15) is 42.8 Å². The summed E-state index contributed by atoms with van der Waals surface area (Å²) >= 11 is 9.58. The largest absolute Gasteiger partial charge is 0.333 e. The lowest BCUT2D eigenvalue weighted by molar-refractivity contribution is 0.633. The van der Waals surface area contributed by atoms with Gasteiger partial charge in [-0.05, 0) is 44.4 Å². The van der Waals surface area contributed by atoms with Crippen molar-refractivity contribution in [1.82, 2.24) is 15.0 Å². The molecule has 0 unspecified atom stereocenters. The quantitative estimate of drug-likeness (QED) is 0.352. The Bertz CT molecular complexity index is 782. The molecule has 0 amide bonds. The standard InChI is InChI=1S/C18H22ClN3S2/c1-13-12-24-17(20-13)7-5-3-2-4-6-10-23-18-21-15-9-8-14(19)11-16(15)22-18/h8-9,11-12H,2-7,10H2,1H3,(H,21,22). The van der Waals surface area contributed by atoms with Crippen LogP contribution in [0, 0.1) is 6.92 Å². The minimum absolute atomic E-state index is 0.746. The Hall–Kier alpha value is -1.04.